The highest BCUT2D eigenvalue weighted by atomic mass is 32.2. The zero-order chi connectivity index (χ0) is 15.2. The van der Waals surface area contributed by atoms with Crippen LogP contribution in [0.5, 0.6) is 0 Å². The average Bonchev–Trinajstić information content (AvgIpc) is 2.86. The molecule has 0 saturated heterocycles. The van der Waals surface area contributed by atoms with Crippen LogP contribution in [0.2, 0.25) is 0 Å². The predicted molar refractivity (Wildman–Crippen MR) is 86.5 cm³/mol. The molecule has 2 rings (SSSR count). The lowest BCUT2D eigenvalue weighted by molar-refractivity contribution is -0.119. The SMILES string of the molecule is Cc1ccc(Cn2ccnc2SCC(=O)NC(C)C)cc1. The number of carbonyl (C=O) groups is 1. The largest absolute Gasteiger partial charge is 0.353 e. The highest BCUT2D eigenvalue weighted by molar-refractivity contribution is 7.99. The van der Waals surface area contributed by atoms with Crippen LogP contribution in [0.4, 0.5) is 0 Å². The summed E-state index contributed by atoms with van der Waals surface area (Å²) >= 11 is 1.47. The second-order valence-corrected chi connectivity index (χ2v) is 6.28. The molecule has 0 unspecified atom stereocenters. The van der Waals surface area contributed by atoms with E-state index in [4.69, 9.17) is 0 Å². The van der Waals surface area contributed by atoms with Crippen molar-refractivity contribution in [3.05, 3.63) is 47.8 Å². The Bertz CT molecular complexity index is 590. The van der Waals surface area contributed by atoms with E-state index in [-0.39, 0.29) is 11.9 Å². The predicted octanol–water partition coefficient (Wildman–Crippen LogP) is 2.86. The first-order chi connectivity index (χ1) is 10.0. The smallest absolute Gasteiger partial charge is 0.230 e. The van der Waals surface area contributed by atoms with Crippen molar-refractivity contribution in [1.29, 1.82) is 0 Å². The van der Waals surface area contributed by atoms with Crippen LogP contribution in [-0.2, 0) is 11.3 Å². The number of nitrogens with zero attached hydrogens (tertiary/aromatic N) is 2. The van der Waals surface area contributed by atoms with Crippen LogP contribution in [0.1, 0.15) is 25.0 Å². The van der Waals surface area contributed by atoms with E-state index in [1.807, 2.05) is 20.0 Å². The Morgan fingerprint density at radius 1 is 1.33 bits per heavy atom. The summed E-state index contributed by atoms with van der Waals surface area (Å²) in [6, 6.07) is 8.62. The number of aryl methyl sites for hydroxylation is 1. The molecule has 5 heteroatoms. The topological polar surface area (TPSA) is 46.9 Å². The lowest BCUT2D eigenvalue weighted by atomic mass is 10.1. The number of carbonyl (C=O) groups excluding carboxylic acids is 1. The summed E-state index contributed by atoms with van der Waals surface area (Å²) in [4.78, 5) is 16.0. The van der Waals surface area contributed by atoms with Gasteiger partial charge in [-0.25, -0.2) is 4.98 Å². The van der Waals surface area contributed by atoms with Crippen LogP contribution in [0.3, 0.4) is 0 Å². The minimum Gasteiger partial charge on any atom is -0.353 e. The lowest BCUT2D eigenvalue weighted by Gasteiger charge is -2.09. The molecule has 0 bridgehead atoms. The normalized spacial score (nSPS) is 10.9. The Balaban J connectivity index is 1.95. The van der Waals surface area contributed by atoms with Crippen LogP contribution in [-0.4, -0.2) is 27.3 Å². The average molecular weight is 303 g/mol. The minimum atomic E-state index is 0.0416. The van der Waals surface area contributed by atoms with Crippen molar-refractivity contribution in [3.63, 3.8) is 0 Å². The molecular formula is C16H21N3OS. The zero-order valence-electron chi connectivity index (χ0n) is 12.7. The molecule has 0 radical (unpaired) electrons. The van der Waals surface area contributed by atoms with Gasteiger partial charge in [0.1, 0.15) is 0 Å². The van der Waals surface area contributed by atoms with E-state index in [9.17, 15) is 4.79 Å². The molecule has 1 aromatic carbocycles. The molecule has 0 aliphatic rings. The number of imidazole rings is 1. The molecule has 0 saturated carbocycles. The fourth-order valence-corrected chi connectivity index (χ4v) is 2.71. The second kappa shape index (κ2) is 7.31. The van der Waals surface area contributed by atoms with E-state index in [1.165, 1.54) is 22.9 Å². The Morgan fingerprint density at radius 3 is 2.71 bits per heavy atom. The molecule has 0 fully saturated rings. The van der Waals surface area contributed by atoms with E-state index in [1.54, 1.807) is 6.20 Å². The highest BCUT2D eigenvalue weighted by Gasteiger charge is 2.08. The van der Waals surface area contributed by atoms with Crippen LogP contribution in [0.25, 0.3) is 0 Å². The fourth-order valence-electron chi connectivity index (χ4n) is 1.94. The Kier molecular flexibility index (Phi) is 5.44. The lowest BCUT2D eigenvalue weighted by Crippen LogP contribution is -2.31. The van der Waals surface area contributed by atoms with Gasteiger partial charge in [-0.3, -0.25) is 4.79 Å². The van der Waals surface area contributed by atoms with Crippen molar-refractivity contribution < 1.29 is 4.79 Å². The zero-order valence-corrected chi connectivity index (χ0v) is 13.5. The summed E-state index contributed by atoms with van der Waals surface area (Å²) in [5.74, 6) is 0.434. The maximum atomic E-state index is 11.7. The van der Waals surface area contributed by atoms with Crippen molar-refractivity contribution in [2.45, 2.75) is 38.5 Å². The highest BCUT2D eigenvalue weighted by Crippen LogP contribution is 2.17. The summed E-state index contributed by atoms with van der Waals surface area (Å²) in [7, 11) is 0. The summed E-state index contributed by atoms with van der Waals surface area (Å²) in [6.45, 7) is 6.77. The number of rotatable bonds is 6. The molecule has 112 valence electrons. The van der Waals surface area contributed by atoms with E-state index in [0.717, 1.165) is 11.7 Å². The molecule has 0 spiro atoms. The van der Waals surface area contributed by atoms with Crippen molar-refractivity contribution in [1.82, 2.24) is 14.9 Å². The summed E-state index contributed by atoms with van der Waals surface area (Å²) in [5, 5.41) is 3.75. The van der Waals surface area contributed by atoms with Gasteiger partial charge in [0.2, 0.25) is 5.91 Å². The number of amides is 1. The van der Waals surface area contributed by atoms with Gasteiger partial charge in [0, 0.05) is 25.0 Å². The van der Waals surface area contributed by atoms with Gasteiger partial charge in [0.05, 0.1) is 5.75 Å². The molecule has 21 heavy (non-hydrogen) atoms. The van der Waals surface area contributed by atoms with Gasteiger partial charge < -0.3 is 9.88 Å². The maximum Gasteiger partial charge on any atom is 0.230 e. The Labute approximate surface area is 130 Å². The van der Waals surface area contributed by atoms with Crippen LogP contribution >= 0.6 is 11.8 Å². The maximum absolute atomic E-state index is 11.7. The quantitative estimate of drug-likeness (QED) is 0.835. The molecular weight excluding hydrogens is 282 g/mol. The van der Waals surface area contributed by atoms with Gasteiger partial charge >= 0.3 is 0 Å². The molecule has 0 aliphatic heterocycles. The van der Waals surface area contributed by atoms with Crippen molar-refractivity contribution in [2.75, 3.05) is 5.75 Å². The van der Waals surface area contributed by atoms with Crippen LogP contribution in [0, 0.1) is 6.92 Å². The molecule has 1 heterocycles. The van der Waals surface area contributed by atoms with Crippen molar-refractivity contribution >= 4 is 17.7 Å². The summed E-state index contributed by atoms with van der Waals surface area (Å²) < 4.78 is 2.07. The molecule has 1 N–H and O–H groups in total. The number of thioether (sulfide) groups is 1. The van der Waals surface area contributed by atoms with Crippen molar-refractivity contribution in [3.8, 4) is 0 Å². The number of nitrogens with one attached hydrogen (secondary N) is 1. The molecule has 0 aliphatic carbocycles. The van der Waals surface area contributed by atoms with Crippen molar-refractivity contribution in [2.24, 2.45) is 0 Å². The van der Waals surface area contributed by atoms with Crippen LogP contribution in [0.15, 0.2) is 41.8 Å². The van der Waals surface area contributed by atoms with Gasteiger partial charge in [0.25, 0.3) is 0 Å². The van der Waals surface area contributed by atoms with E-state index in [0.29, 0.717) is 5.75 Å². The fraction of sp³-hybridized carbons (Fsp3) is 0.375. The molecule has 2 aromatic rings. The van der Waals surface area contributed by atoms with E-state index < -0.39 is 0 Å². The summed E-state index contributed by atoms with van der Waals surface area (Å²) in [5.41, 5.74) is 2.48. The molecule has 1 amide bonds. The van der Waals surface area contributed by atoms with Gasteiger partial charge in [-0.05, 0) is 26.3 Å². The Hall–Kier alpha value is -1.75. The Morgan fingerprint density at radius 2 is 2.05 bits per heavy atom. The van der Waals surface area contributed by atoms with E-state index in [2.05, 4.69) is 46.1 Å². The third-order valence-electron chi connectivity index (χ3n) is 2.93. The van der Waals surface area contributed by atoms with Crippen LogP contribution < -0.4 is 5.32 Å². The molecule has 0 atom stereocenters. The van der Waals surface area contributed by atoms with Gasteiger partial charge in [-0.15, -0.1) is 0 Å². The number of hydrogen-bond acceptors (Lipinski definition) is 3. The third kappa shape index (κ3) is 4.93. The van der Waals surface area contributed by atoms with E-state index >= 15 is 0 Å². The second-order valence-electron chi connectivity index (χ2n) is 5.33. The summed E-state index contributed by atoms with van der Waals surface area (Å²) in [6.07, 6.45) is 3.72. The van der Waals surface area contributed by atoms with Gasteiger partial charge in [0.15, 0.2) is 5.16 Å². The first-order valence-corrected chi connectivity index (χ1v) is 8.02. The first kappa shape index (κ1) is 15.6. The standard InChI is InChI=1S/C16H21N3OS/c1-12(2)18-15(20)11-21-16-17-8-9-19(16)10-14-6-4-13(3)5-7-14/h4-9,12H,10-11H2,1-3H3,(H,18,20). The number of benzene rings is 1. The number of aromatic nitrogens is 2. The van der Waals surface area contributed by atoms with Gasteiger partial charge in [-0.1, -0.05) is 41.6 Å². The minimum absolute atomic E-state index is 0.0416. The first-order valence-electron chi connectivity index (χ1n) is 7.03. The monoisotopic (exact) mass is 303 g/mol. The molecule has 1 aromatic heterocycles. The third-order valence-corrected chi connectivity index (χ3v) is 3.94. The molecule has 4 nitrogen and oxygen atoms in total. The number of hydrogen-bond donors (Lipinski definition) is 1. The van der Waals surface area contributed by atoms with Gasteiger partial charge in [-0.2, -0.15) is 0 Å².